The van der Waals surface area contributed by atoms with Gasteiger partial charge in [-0.3, -0.25) is 4.99 Å². The summed E-state index contributed by atoms with van der Waals surface area (Å²) in [6.45, 7) is 1.99. The molecule has 0 aliphatic rings. The van der Waals surface area contributed by atoms with Crippen LogP contribution in [0.4, 0.5) is 5.69 Å². The topological polar surface area (TPSA) is 58.6 Å². The molecule has 1 aromatic heterocycles. The Morgan fingerprint density at radius 3 is 2.69 bits per heavy atom. The fourth-order valence-corrected chi connectivity index (χ4v) is 3.31. The highest BCUT2D eigenvalue weighted by Crippen LogP contribution is 2.34. The lowest BCUT2D eigenvalue weighted by Crippen LogP contribution is -1.79. The maximum absolute atomic E-state index is 10.4. The molecule has 4 nitrogen and oxygen atoms in total. The summed E-state index contributed by atoms with van der Waals surface area (Å²) >= 11 is 12.0. The average molecular weight is 423 g/mol. The van der Waals surface area contributed by atoms with Crippen molar-refractivity contribution in [3.8, 4) is 17.2 Å². The minimum Gasteiger partial charge on any atom is -0.507 e. The number of hydrogen-bond acceptors (Lipinski definition) is 4. The second-order valence-electron chi connectivity index (χ2n) is 6.49. The van der Waals surface area contributed by atoms with Crippen LogP contribution in [0, 0.1) is 6.92 Å². The molecular formula is C23H16Cl2N2O2. The molecular weight excluding hydrogens is 407 g/mol. The molecule has 0 bridgehead atoms. The molecule has 144 valence electrons. The van der Waals surface area contributed by atoms with Gasteiger partial charge in [0.1, 0.15) is 11.3 Å². The molecule has 4 aromatic rings. The first-order valence-corrected chi connectivity index (χ1v) is 9.61. The molecule has 1 N–H and O–H groups in total. The van der Waals surface area contributed by atoms with E-state index in [2.05, 4.69) is 9.98 Å². The SMILES string of the molecule is Cc1ccc2nc(-c3ccc(N=CC=Cc4ccc(Cl)cc4Cl)cc3O)oc2c1. The highest BCUT2D eigenvalue weighted by Gasteiger charge is 2.12. The van der Waals surface area contributed by atoms with Crippen molar-refractivity contribution in [1.29, 1.82) is 0 Å². The number of halogens is 2. The van der Waals surface area contributed by atoms with E-state index in [4.69, 9.17) is 27.6 Å². The fraction of sp³-hybridized carbons (Fsp3) is 0.0435. The number of benzene rings is 3. The van der Waals surface area contributed by atoms with E-state index in [0.29, 0.717) is 32.8 Å². The van der Waals surface area contributed by atoms with Crippen molar-refractivity contribution in [2.75, 3.05) is 0 Å². The Morgan fingerprint density at radius 2 is 1.90 bits per heavy atom. The van der Waals surface area contributed by atoms with E-state index in [9.17, 15) is 5.11 Å². The number of allylic oxidation sites excluding steroid dienone is 1. The van der Waals surface area contributed by atoms with Crippen molar-refractivity contribution in [2.24, 2.45) is 4.99 Å². The molecule has 0 aliphatic heterocycles. The summed E-state index contributed by atoms with van der Waals surface area (Å²) in [5.41, 5.74) is 4.48. The van der Waals surface area contributed by atoms with Crippen molar-refractivity contribution in [1.82, 2.24) is 4.98 Å². The number of aryl methyl sites for hydroxylation is 1. The second-order valence-corrected chi connectivity index (χ2v) is 7.34. The number of aromatic hydroxyl groups is 1. The molecule has 0 saturated heterocycles. The predicted molar refractivity (Wildman–Crippen MR) is 119 cm³/mol. The lowest BCUT2D eigenvalue weighted by atomic mass is 10.2. The predicted octanol–water partition coefficient (Wildman–Crippen LogP) is 7.23. The van der Waals surface area contributed by atoms with Crippen molar-refractivity contribution in [3.63, 3.8) is 0 Å². The molecule has 0 unspecified atom stereocenters. The van der Waals surface area contributed by atoms with E-state index in [0.717, 1.165) is 16.6 Å². The van der Waals surface area contributed by atoms with Gasteiger partial charge >= 0.3 is 0 Å². The fourth-order valence-electron chi connectivity index (χ4n) is 2.84. The van der Waals surface area contributed by atoms with Crippen LogP contribution in [0.1, 0.15) is 11.1 Å². The lowest BCUT2D eigenvalue weighted by Gasteiger charge is -2.01. The standard InChI is InChI=1S/C23H16Cl2N2O2/c1-14-4-9-20-22(11-14)29-23(27-20)18-8-7-17(13-21(18)28)26-10-2-3-15-5-6-16(24)12-19(15)25/h2-13,28H,1H3. The first-order chi connectivity index (χ1) is 14.0. The summed E-state index contributed by atoms with van der Waals surface area (Å²) in [4.78, 5) is 8.77. The van der Waals surface area contributed by atoms with Gasteiger partial charge in [0.25, 0.3) is 0 Å². The third kappa shape index (κ3) is 4.34. The van der Waals surface area contributed by atoms with Crippen LogP contribution in [-0.2, 0) is 0 Å². The molecule has 6 heteroatoms. The van der Waals surface area contributed by atoms with Crippen LogP contribution in [0.3, 0.4) is 0 Å². The Labute approximate surface area is 177 Å². The lowest BCUT2D eigenvalue weighted by molar-refractivity contribution is 0.474. The number of fused-ring (bicyclic) bond motifs is 1. The van der Waals surface area contributed by atoms with E-state index in [1.54, 1.807) is 42.6 Å². The van der Waals surface area contributed by atoms with Crippen molar-refractivity contribution in [3.05, 3.63) is 81.8 Å². The van der Waals surface area contributed by atoms with Crippen LogP contribution in [0.2, 0.25) is 10.0 Å². The normalized spacial score (nSPS) is 11.8. The number of aliphatic imine (C=N–C) groups is 1. The Kier molecular flexibility index (Phi) is 5.38. The van der Waals surface area contributed by atoms with Crippen LogP contribution in [-0.4, -0.2) is 16.3 Å². The quantitative estimate of drug-likeness (QED) is 0.352. The van der Waals surface area contributed by atoms with E-state index >= 15 is 0 Å². The highest BCUT2D eigenvalue weighted by molar-refractivity contribution is 6.35. The van der Waals surface area contributed by atoms with E-state index < -0.39 is 0 Å². The number of hydrogen-bond donors (Lipinski definition) is 1. The zero-order chi connectivity index (χ0) is 20.4. The Balaban J connectivity index is 1.53. The van der Waals surface area contributed by atoms with Gasteiger partial charge in [-0.2, -0.15) is 0 Å². The maximum atomic E-state index is 10.4. The molecule has 0 fully saturated rings. The smallest absolute Gasteiger partial charge is 0.231 e. The summed E-state index contributed by atoms with van der Waals surface area (Å²) < 4.78 is 5.78. The number of aromatic nitrogens is 1. The van der Waals surface area contributed by atoms with E-state index in [1.165, 1.54) is 0 Å². The van der Waals surface area contributed by atoms with Gasteiger partial charge < -0.3 is 9.52 Å². The Morgan fingerprint density at radius 1 is 1.03 bits per heavy atom. The van der Waals surface area contributed by atoms with Crippen LogP contribution in [0.5, 0.6) is 5.75 Å². The van der Waals surface area contributed by atoms with Gasteiger partial charge in [0.15, 0.2) is 5.58 Å². The molecule has 3 aromatic carbocycles. The summed E-state index contributed by atoms with van der Waals surface area (Å²) in [5.74, 6) is 0.420. The zero-order valence-electron chi connectivity index (χ0n) is 15.4. The summed E-state index contributed by atoms with van der Waals surface area (Å²) in [6, 6.07) is 16.2. The molecule has 0 spiro atoms. The number of nitrogens with zero attached hydrogens (tertiary/aromatic N) is 2. The van der Waals surface area contributed by atoms with Gasteiger partial charge in [-0.1, -0.05) is 41.4 Å². The Hall–Kier alpha value is -3.08. The number of phenolic OH excluding ortho intramolecular Hbond substituents is 1. The van der Waals surface area contributed by atoms with Crippen LogP contribution in [0.15, 0.2) is 70.1 Å². The van der Waals surface area contributed by atoms with Gasteiger partial charge in [-0.25, -0.2) is 4.98 Å². The molecule has 0 radical (unpaired) electrons. The van der Waals surface area contributed by atoms with Gasteiger partial charge in [0, 0.05) is 22.3 Å². The van der Waals surface area contributed by atoms with Gasteiger partial charge in [-0.05, 0) is 60.5 Å². The highest BCUT2D eigenvalue weighted by atomic mass is 35.5. The first kappa shape index (κ1) is 19.2. The first-order valence-electron chi connectivity index (χ1n) is 8.86. The van der Waals surface area contributed by atoms with Crippen molar-refractivity contribution >= 4 is 52.3 Å². The Bertz CT molecular complexity index is 1260. The second kappa shape index (κ2) is 8.11. The summed E-state index contributed by atoms with van der Waals surface area (Å²) in [7, 11) is 0. The molecule has 1 heterocycles. The monoisotopic (exact) mass is 422 g/mol. The average Bonchev–Trinajstić information content (AvgIpc) is 3.09. The molecule has 0 atom stereocenters. The van der Waals surface area contributed by atoms with E-state index in [1.807, 2.05) is 37.3 Å². The minimum atomic E-state index is 0.0488. The zero-order valence-corrected chi connectivity index (χ0v) is 16.9. The van der Waals surface area contributed by atoms with Crippen LogP contribution < -0.4 is 0 Å². The van der Waals surface area contributed by atoms with Crippen molar-refractivity contribution in [2.45, 2.75) is 6.92 Å². The maximum Gasteiger partial charge on any atom is 0.231 e. The summed E-state index contributed by atoms with van der Waals surface area (Å²) in [6.07, 6.45) is 5.22. The summed E-state index contributed by atoms with van der Waals surface area (Å²) in [5, 5.41) is 11.6. The van der Waals surface area contributed by atoms with Gasteiger partial charge in [0.05, 0.1) is 11.3 Å². The molecule has 0 amide bonds. The molecule has 0 saturated carbocycles. The number of phenols is 1. The molecule has 29 heavy (non-hydrogen) atoms. The third-order valence-electron chi connectivity index (χ3n) is 4.30. The molecule has 0 aliphatic carbocycles. The number of rotatable bonds is 4. The molecule has 4 rings (SSSR count). The largest absolute Gasteiger partial charge is 0.507 e. The third-order valence-corrected chi connectivity index (χ3v) is 4.87. The minimum absolute atomic E-state index is 0.0488. The van der Waals surface area contributed by atoms with Gasteiger partial charge in [0.2, 0.25) is 5.89 Å². The van der Waals surface area contributed by atoms with Crippen LogP contribution >= 0.6 is 23.2 Å². The number of oxazole rings is 1. The van der Waals surface area contributed by atoms with Gasteiger partial charge in [-0.15, -0.1) is 0 Å². The van der Waals surface area contributed by atoms with Crippen LogP contribution in [0.25, 0.3) is 28.6 Å². The van der Waals surface area contributed by atoms with Crippen molar-refractivity contribution < 1.29 is 9.52 Å². The van der Waals surface area contributed by atoms with E-state index in [-0.39, 0.29) is 5.75 Å².